The van der Waals surface area contributed by atoms with Gasteiger partial charge in [0.1, 0.15) is 5.82 Å². The van der Waals surface area contributed by atoms with E-state index in [9.17, 15) is 9.18 Å². The third kappa shape index (κ3) is 4.93. The average molecular weight is 370 g/mol. The first-order chi connectivity index (χ1) is 13.0. The molecule has 1 aliphatic rings. The fraction of sp³-hybridized carbons (Fsp3) is 0.409. The van der Waals surface area contributed by atoms with Crippen molar-refractivity contribution in [3.63, 3.8) is 0 Å². The summed E-state index contributed by atoms with van der Waals surface area (Å²) in [7, 11) is 0. The number of carbonyl (C=O) groups is 1. The Kier molecular flexibility index (Phi) is 6.24. The van der Waals surface area contributed by atoms with Crippen LogP contribution in [0.4, 0.5) is 10.1 Å². The molecule has 3 rings (SSSR count). The summed E-state index contributed by atoms with van der Waals surface area (Å²) in [5, 5.41) is 0. The van der Waals surface area contributed by atoms with Gasteiger partial charge >= 0.3 is 0 Å². The van der Waals surface area contributed by atoms with Gasteiger partial charge in [0.15, 0.2) is 0 Å². The molecule has 1 heterocycles. The van der Waals surface area contributed by atoms with E-state index in [-0.39, 0.29) is 23.9 Å². The topological polar surface area (TPSA) is 32.8 Å². The maximum absolute atomic E-state index is 13.1. The highest BCUT2D eigenvalue weighted by atomic mass is 19.1. The van der Waals surface area contributed by atoms with Gasteiger partial charge in [-0.15, -0.1) is 0 Å². The Morgan fingerprint density at radius 3 is 2.22 bits per heavy atom. The highest BCUT2D eigenvalue weighted by molar-refractivity contribution is 6.06. The first kappa shape index (κ1) is 19.5. The molecule has 1 saturated heterocycles. The number of hydrogen-bond acceptors (Lipinski definition) is 3. The molecule has 0 N–H and O–H groups in total. The number of halogens is 1. The maximum atomic E-state index is 13.1. The van der Waals surface area contributed by atoms with E-state index >= 15 is 0 Å². The number of ether oxygens (including phenoxy) is 1. The summed E-state index contributed by atoms with van der Waals surface area (Å²) in [6, 6.07) is 13.8. The molecule has 144 valence electrons. The van der Waals surface area contributed by atoms with E-state index in [1.165, 1.54) is 17.7 Å². The Hall–Kier alpha value is -2.24. The Bertz CT molecular complexity index is 751. The van der Waals surface area contributed by atoms with Crippen LogP contribution in [0.1, 0.15) is 36.7 Å². The summed E-state index contributed by atoms with van der Waals surface area (Å²) in [6.07, 6.45) is 0.479. The Morgan fingerprint density at radius 2 is 1.67 bits per heavy atom. The van der Waals surface area contributed by atoms with E-state index in [0.717, 1.165) is 19.6 Å². The molecule has 0 saturated carbocycles. The fourth-order valence-corrected chi connectivity index (χ4v) is 3.64. The SMILES string of the molecule is CCN(C(=O)c1ccc(CN2CC(C)OC(C)C2)cc1)c1ccc(F)cc1. The molecule has 2 aromatic carbocycles. The standard InChI is InChI=1S/C22H27FN2O2/c1-4-25(21-11-9-20(23)10-12-21)22(26)19-7-5-18(6-8-19)15-24-13-16(2)27-17(3)14-24/h5-12,16-17H,4,13-15H2,1-3H3. The van der Waals surface area contributed by atoms with Crippen LogP contribution in [0.15, 0.2) is 48.5 Å². The normalized spacial score (nSPS) is 20.4. The molecule has 1 fully saturated rings. The van der Waals surface area contributed by atoms with Crippen molar-refractivity contribution in [3.8, 4) is 0 Å². The second-order valence-electron chi connectivity index (χ2n) is 7.17. The third-order valence-electron chi connectivity index (χ3n) is 4.80. The number of benzene rings is 2. The molecule has 27 heavy (non-hydrogen) atoms. The third-order valence-corrected chi connectivity index (χ3v) is 4.80. The summed E-state index contributed by atoms with van der Waals surface area (Å²) < 4.78 is 18.9. The van der Waals surface area contributed by atoms with Crippen molar-refractivity contribution in [2.75, 3.05) is 24.5 Å². The molecular formula is C22H27FN2O2. The minimum Gasteiger partial charge on any atom is -0.373 e. The fourth-order valence-electron chi connectivity index (χ4n) is 3.64. The van der Waals surface area contributed by atoms with Crippen LogP contribution in [0.3, 0.4) is 0 Å². The molecule has 0 bridgehead atoms. The summed E-state index contributed by atoms with van der Waals surface area (Å²) in [4.78, 5) is 16.9. The molecule has 4 nitrogen and oxygen atoms in total. The summed E-state index contributed by atoms with van der Waals surface area (Å²) in [5.74, 6) is -0.386. The number of rotatable bonds is 5. The molecule has 0 aliphatic carbocycles. The van der Waals surface area contributed by atoms with E-state index in [1.54, 1.807) is 17.0 Å². The second kappa shape index (κ2) is 8.63. The lowest BCUT2D eigenvalue weighted by Gasteiger charge is -2.35. The van der Waals surface area contributed by atoms with Gasteiger partial charge in [-0.05, 0) is 62.7 Å². The van der Waals surface area contributed by atoms with Crippen molar-refractivity contribution in [3.05, 3.63) is 65.5 Å². The van der Waals surface area contributed by atoms with Gasteiger partial charge in [0.2, 0.25) is 0 Å². The largest absolute Gasteiger partial charge is 0.373 e. The molecular weight excluding hydrogens is 343 g/mol. The molecule has 5 heteroatoms. The van der Waals surface area contributed by atoms with Gasteiger partial charge < -0.3 is 9.64 Å². The van der Waals surface area contributed by atoms with Gasteiger partial charge in [0.25, 0.3) is 5.91 Å². The van der Waals surface area contributed by atoms with Crippen LogP contribution in [-0.4, -0.2) is 42.6 Å². The van der Waals surface area contributed by atoms with E-state index in [0.29, 0.717) is 17.8 Å². The van der Waals surface area contributed by atoms with Crippen molar-refractivity contribution in [2.45, 2.75) is 39.5 Å². The maximum Gasteiger partial charge on any atom is 0.258 e. The zero-order chi connectivity index (χ0) is 19.4. The lowest BCUT2D eigenvalue weighted by molar-refractivity contribution is -0.0704. The minimum absolute atomic E-state index is 0.0794. The molecule has 0 spiro atoms. The van der Waals surface area contributed by atoms with Crippen LogP contribution in [0.5, 0.6) is 0 Å². The van der Waals surface area contributed by atoms with Crippen molar-refractivity contribution >= 4 is 11.6 Å². The highest BCUT2D eigenvalue weighted by Crippen LogP contribution is 2.19. The Labute approximate surface area is 160 Å². The van der Waals surface area contributed by atoms with Gasteiger partial charge in [-0.2, -0.15) is 0 Å². The van der Waals surface area contributed by atoms with Crippen LogP contribution in [0.25, 0.3) is 0 Å². The quantitative estimate of drug-likeness (QED) is 0.794. The molecule has 0 aromatic heterocycles. The lowest BCUT2D eigenvalue weighted by atomic mass is 10.1. The zero-order valence-electron chi connectivity index (χ0n) is 16.2. The van der Waals surface area contributed by atoms with Gasteiger partial charge in [-0.25, -0.2) is 4.39 Å². The van der Waals surface area contributed by atoms with Crippen LogP contribution in [0, 0.1) is 5.82 Å². The van der Waals surface area contributed by atoms with Crippen molar-refractivity contribution < 1.29 is 13.9 Å². The van der Waals surface area contributed by atoms with Crippen molar-refractivity contribution in [1.82, 2.24) is 4.90 Å². The number of carbonyl (C=O) groups excluding carboxylic acids is 1. The number of anilines is 1. The van der Waals surface area contributed by atoms with E-state index in [1.807, 2.05) is 31.2 Å². The van der Waals surface area contributed by atoms with Crippen LogP contribution in [-0.2, 0) is 11.3 Å². The van der Waals surface area contributed by atoms with E-state index in [4.69, 9.17) is 4.74 Å². The average Bonchev–Trinajstić information content (AvgIpc) is 2.63. The molecule has 1 amide bonds. The number of morpholine rings is 1. The van der Waals surface area contributed by atoms with Crippen molar-refractivity contribution in [1.29, 1.82) is 0 Å². The van der Waals surface area contributed by atoms with E-state index in [2.05, 4.69) is 18.7 Å². The smallest absolute Gasteiger partial charge is 0.258 e. The van der Waals surface area contributed by atoms with Gasteiger partial charge in [0.05, 0.1) is 12.2 Å². The molecule has 0 radical (unpaired) electrons. The first-order valence-electron chi connectivity index (χ1n) is 9.50. The predicted molar refractivity (Wildman–Crippen MR) is 105 cm³/mol. The second-order valence-corrected chi connectivity index (χ2v) is 7.17. The van der Waals surface area contributed by atoms with Crippen LogP contribution < -0.4 is 4.90 Å². The number of nitrogens with zero attached hydrogens (tertiary/aromatic N) is 2. The molecule has 2 aromatic rings. The lowest BCUT2D eigenvalue weighted by Crippen LogP contribution is -2.44. The van der Waals surface area contributed by atoms with Gasteiger partial charge in [-0.3, -0.25) is 9.69 Å². The Morgan fingerprint density at radius 1 is 1.07 bits per heavy atom. The number of amides is 1. The zero-order valence-corrected chi connectivity index (χ0v) is 16.2. The highest BCUT2D eigenvalue weighted by Gasteiger charge is 2.22. The monoisotopic (exact) mass is 370 g/mol. The number of hydrogen-bond donors (Lipinski definition) is 0. The predicted octanol–water partition coefficient (Wildman–Crippen LogP) is 4.10. The Balaban J connectivity index is 1.68. The molecule has 2 atom stereocenters. The minimum atomic E-state index is -0.307. The van der Waals surface area contributed by atoms with Crippen molar-refractivity contribution in [2.24, 2.45) is 0 Å². The molecule has 2 unspecified atom stereocenters. The van der Waals surface area contributed by atoms with E-state index < -0.39 is 0 Å². The van der Waals surface area contributed by atoms with Crippen LogP contribution >= 0.6 is 0 Å². The molecule has 1 aliphatic heterocycles. The van der Waals surface area contributed by atoms with Crippen LogP contribution in [0.2, 0.25) is 0 Å². The van der Waals surface area contributed by atoms with Gasteiger partial charge in [0, 0.05) is 37.4 Å². The summed E-state index contributed by atoms with van der Waals surface area (Å²) in [5.41, 5.74) is 2.51. The summed E-state index contributed by atoms with van der Waals surface area (Å²) in [6.45, 7) is 9.31. The van der Waals surface area contributed by atoms with Gasteiger partial charge in [-0.1, -0.05) is 12.1 Å². The first-order valence-corrected chi connectivity index (χ1v) is 9.50. The summed E-state index contributed by atoms with van der Waals surface area (Å²) >= 11 is 0.